The van der Waals surface area contributed by atoms with E-state index in [2.05, 4.69) is 32.6 Å². The van der Waals surface area contributed by atoms with Gasteiger partial charge in [-0.15, -0.1) is 0 Å². The SMILES string of the molecule is CC1=N/C(=C(/C=N)CN2CCOC(C(=O)N(Cc3ccc4c(c3)OCC=CO4)CC(C)C)C2)CCCCC(C)C1. The van der Waals surface area contributed by atoms with Crippen molar-refractivity contribution in [3.05, 3.63) is 47.4 Å². The van der Waals surface area contributed by atoms with Crippen molar-refractivity contribution in [3.63, 3.8) is 0 Å². The van der Waals surface area contributed by atoms with Crippen LogP contribution in [0.3, 0.4) is 0 Å². The number of carbonyl (C=O) groups excluding carboxylic acids is 1. The smallest absolute Gasteiger partial charge is 0.253 e. The zero-order chi connectivity index (χ0) is 28.5. The van der Waals surface area contributed by atoms with E-state index in [1.807, 2.05) is 29.2 Å². The number of nitrogens with one attached hydrogen (secondary N) is 1. The lowest BCUT2D eigenvalue weighted by Crippen LogP contribution is -2.51. The topological polar surface area (TPSA) is 87.5 Å². The highest BCUT2D eigenvalue weighted by molar-refractivity contribution is 5.85. The van der Waals surface area contributed by atoms with Gasteiger partial charge >= 0.3 is 0 Å². The van der Waals surface area contributed by atoms with Gasteiger partial charge < -0.3 is 24.5 Å². The van der Waals surface area contributed by atoms with E-state index in [1.165, 1.54) is 19.1 Å². The molecule has 3 aliphatic heterocycles. The number of aliphatic imine (C=N–C) groups is 1. The third kappa shape index (κ3) is 8.51. The number of carbonyl (C=O) groups is 1. The molecule has 0 spiro atoms. The van der Waals surface area contributed by atoms with Crippen molar-refractivity contribution in [2.24, 2.45) is 16.8 Å². The number of allylic oxidation sites excluding steroid dienone is 1. The van der Waals surface area contributed by atoms with Gasteiger partial charge in [0.15, 0.2) is 11.5 Å². The molecule has 2 unspecified atom stereocenters. The number of rotatable bonds is 8. The Balaban J connectivity index is 1.46. The van der Waals surface area contributed by atoms with Gasteiger partial charge in [-0.1, -0.05) is 39.7 Å². The lowest BCUT2D eigenvalue weighted by Gasteiger charge is -2.36. The minimum Gasteiger partial charge on any atom is -0.485 e. The number of hydrogen-bond acceptors (Lipinski definition) is 7. The molecule has 1 saturated heterocycles. The van der Waals surface area contributed by atoms with E-state index < -0.39 is 6.10 Å². The zero-order valence-electron chi connectivity index (χ0n) is 24.7. The highest BCUT2D eigenvalue weighted by Crippen LogP contribution is 2.31. The second-order valence-corrected chi connectivity index (χ2v) is 11.8. The number of nitrogens with zero attached hydrogens (tertiary/aromatic N) is 3. The van der Waals surface area contributed by atoms with Gasteiger partial charge in [0.05, 0.1) is 12.9 Å². The van der Waals surface area contributed by atoms with Gasteiger partial charge in [0, 0.05) is 55.9 Å². The third-order valence-electron chi connectivity index (χ3n) is 7.60. The standard InChI is InChI=1S/C32H46N4O4/c1-23(2)19-36(20-26-10-11-29-30(17-26)39-14-7-13-38-29)32(37)31-22-35(12-15-40-31)21-27(18-33)28-9-6-5-8-24(3)16-25(4)34-28/h7,10-11,13,17-18,23-24,31,33H,5-6,8-9,12,14-16,19-22H2,1-4H3/b28-27-,33-18?,34-25?. The lowest BCUT2D eigenvalue weighted by atomic mass is 9.98. The van der Waals surface area contributed by atoms with Crippen LogP contribution in [-0.4, -0.2) is 73.1 Å². The van der Waals surface area contributed by atoms with Crippen molar-refractivity contribution in [1.82, 2.24) is 9.80 Å². The van der Waals surface area contributed by atoms with Crippen LogP contribution in [0.15, 0.2) is 46.8 Å². The Kier molecular flexibility index (Phi) is 10.9. The largest absolute Gasteiger partial charge is 0.485 e. The molecular weight excluding hydrogens is 504 g/mol. The van der Waals surface area contributed by atoms with Crippen molar-refractivity contribution in [2.45, 2.75) is 72.4 Å². The summed E-state index contributed by atoms with van der Waals surface area (Å²) in [6, 6.07) is 5.84. The molecule has 218 valence electrons. The molecule has 3 aliphatic rings. The Bertz CT molecular complexity index is 1130. The summed E-state index contributed by atoms with van der Waals surface area (Å²) >= 11 is 0. The van der Waals surface area contributed by atoms with Gasteiger partial charge in [-0.2, -0.15) is 0 Å². The van der Waals surface area contributed by atoms with E-state index in [0.29, 0.717) is 62.7 Å². The minimum atomic E-state index is -0.541. The van der Waals surface area contributed by atoms with Crippen LogP contribution in [0.4, 0.5) is 0 Å². The Hall–Kier alpha value is -2.97. The molecule has 4 rings (SSSR count). The van der Waals surface area contributed by atoms with Crippen LogP contribution in [0.1, 0.15) is 65.4 Å². The molecule has 0 radical (unpaired) electrons. The Morgan fingerprint density at radius 3 is 2.92 bits per heavy atom. The van der Waals surface area contributed by atoms with Crippen LogP contribution in [-0.2, 0) is 16.1 Å². The van der Waals surface area contributed by atoms with Gasteiger partial charge in [-0.05, 0) is 61.8 Å². The highest BCUT2D eigenvalue weighted by atomic mass is 16.5. The summed E-state index contributed by atoms with van der Waals surface area (Å²) in [5.41, 5.74) is 4.11. The van der Waals surface area contributed by atoms with Crippen LogP contribution < -0.4 is 9.47 Å². The van der Waals surface area contributed by atoms with E-state index >= 15 is 0 Å². The third-order valence-corrected chi connectivity index (χ3v) is 7.60. The molecular formula is C32H46N4O4. The lowest BCUT2D eigenvalue weighted by molar-refractivity contribution is -0.150. The van der Waals surface area contributed by atoms with Gasteiger partial charge in [0.1, 0.15) is 12.7 Å². The number of benzene rings is 1. The summed E-state index contributed by atoms with van der Waals surface area (Å²) in [6.07, 6.45) is 9.81. The maximum Gasteiger partial charge on any atom is 0.253 e. The van der Waals surface area contributed by atoms with E-state index in [9.17, 15) is 4.79 Å². The number of fused-ring (bicyclic) bond motifs is 1. The maximum atomic E-state index is 13.8. The quantitative estimate of drug-likeness (QED) is 0.425. The van der Waals surface area contributed by atoms with E-state index in [-0.39, 0.29) is 5.91 Å². The van der Waals surface area contributed by atoms with Crippen LogP contribution >= 0.6 is 0 Å². The summed E-state index contributed by atoms with van der Waals surface area (Å²) in [4.78, 5) is 22.9. The molecule has 8 nitrogen and oxygen atoms in total. The first-order valence-electron chi connectivity index (χ1n) is 14.8. The van der Waals surface area contributed by atoms with Crippen molar-refractivity contribution in [1.29, 1.82) is 5.41 Å². The number of ether oxygens (including phenoxy) is 3. The molecule has 0 aliphatic carbocycles. The highest BCUT2D eigenvalue weighted by Gasteiger charge is 2.31. The van der Waals surface area contributed by atoms with Crippen LogP contribution in [0, 0.1) is 17.2 Å². The fourth-order valence-electron chi connectivity index (χ4n) is 5.67. The first-order valence-corrected chi connectivity index (χ1v) is 14.8. The average molecular weight is 551 g/mol. The van der Waals surface area contributed by atoms with Crippen LogP contribution in [0.5, 0.6) is 11.5 Å². The molecule has 0 bridgehead atoms. The Morgan fingerprint density at radius 2 is 2.12 bits per heavy atom. The summed E-state index contributed by atoms with van der Waals surface area (Å²) < 4.78 is 17.4. The normalized spacial score (nSPS) is 23.4. The van der Waals surface area contributed by atoms with E-state index in [4.69, 9.17) is 24.6 Å². The predicted molar refractivity (Wildman–Crippen MR) is 159 cm³/mol. The van der Waals surface area contributed by atoms with Gasteiger partial charge in [0.2, 0.25) is 0 Å². The van der Waals surface area contributed by atoms with E-state index in [1.54, 1.807) is 6.26 Å². The second-order valence-electron chi connectivity index (χ2n) is 11.8. The molecule has 1 N–H and O–H groups in total. The first-order chi connectivity index (χ1) is 19.3. The molecule has 1 fully saturated rings. The van der Waals surface area contributed by atoms with Gasteiger partial charge in [0.25, 0.3) is 5.91 Å². The average Bonchev–Trinajstić information content (AvgIpc) is 3.13. The van der Waals surface area contributed by atoms with Gasteiger partial charge in [-0.25, -0.2) is 0 Å². The summed E-state index contributed by atoms with van der Waals surface area (Å²) in [5, 5.41) is 8.18. The Labute approximate surface area is 239 Å². The molecule has 1 amide bonds. The van der Waals surface area contributed by atoms with E-state index in [0.717, 1.165) is 48.4 Å². The molecule has 1 aromatic rings. The predicted octanol–water partition coefficient (Wildman–Crippen LogP) is 5.62. The zero-order valence-corrected chi connectivity index (χ0v) is 24.7. The molecule has 3 heterocycles. The summed E-state index contributed by atoms with van der Waals surface area (Å²) in [7, 11) is 0. The van der Waals surface area contributed by atoms with Crippen LogP contribution in [0.25, 0.3) is 0 Å². The molecule has 0 saturated carbocycles. The van der Waals surface area contributed by atoms with Gasteiger partial charge in [-0.3, -0.25) is 14.7 Å². The molecule has 0 aromatic heterocycles. The first kappa shape index (κ1) is 30.0. The van der Waals surface area contributed by atoms with Crippen molar-refractivity contribution < 1.29 is 19.0 Å². The molecule has 8 heteroatoms. The van der Waals surface area contributed by atoms with Crippen molar-refractivity contribution >= 4 is 17.8 Å². The molecule has 40 heavy (non-hydrogen) atoms. The second kappa shape index (κ2) is 14.6. The monoisotopic (exact) mass is 550 g/mol. The molecule has 2 atom stereocenters. The fourth-order valence-corrected chi connectivity index (χ4v) is 5.67. The number of hydrogen-bond donors (Lipinski definition) is 1. The van der Waals surface area contributed by atoms with Crippen LogP contribution in [0.2, 0.25) is 0 Å². The maximum absolute atomic E-state index is 13.8. The summed E-state index contributed by atoms with van der Waals surface area (Å²) in [6.45, 7) is 12.5. The minimum absolute atomic E-state index is 0.00142. The molecule has 1 aromatic carbocycles. The van der Waals surface area contributed by atoms with Crippen molar-refractivity contribution in [2.75, 3.05) is 39.4 Å². The Morgan fingerprint density at radius 1 is 1.27 bits per heavy atom. The summed E-state index contributed by atoms with van der Waals surface area (Å²) in [5.74, 6) is 2.32. The van der Waals surface area contributed by atoms with Crippen molar-refractivity contribution in [3.8, 4) is 11.5 Å². The number of amides is 1. The number of morpholine rings is 1. The fraction of sp³-hybridized carbons (Fsp3) is 0.594.